The van der Waals surface area contributed by atoms with Gasteiger partial charge in [0.2, 0.25) is 0 Å². The molecule has 0 aliphatic heterocycles. The second-order valence-electron chi connectivity index (χ2n) is 8.38. The summed E-state index contributed by atoms with van der Waals surface area (Å²) < 4.78 is 2.17. The van der Waals surface area contributed by atoms with Crippen molar-refractivity contribution in [3.63, 3.8) is 0 Å². The van der Waals surface area contributed by atoms with Gasteiger partial charge in [-0.3, -0.25) is 19.5 Å². The quantitative estimate of drug-likeness (QED) is 0.183. The van der Waals surface area contributed by atoms with Crippen molar-refractivity contribution in [2.45, 2.75) is 50.2 Å². The van der Waals surface area contributed by atoms with E-state index in [2.05, 4.69) is 37.4 Å². The summed E-state index contributed by atoms with van der Waals surface area (Å²) in [5.74, 6) is 0.583. The van der Waals surface area contributed by atoms with Crippen LogP contribution in [-0.4, -0.2) is 37.6 Å². The predicted octanol–water partition coefficient (Wildman–Crippen LogP) is 5.56. The smallest absolute Gasteiger partial charge is 0.270 e. The number of halogens is 1. The Bertz CT molecular complexity index is 1240. The van der Waals surface area contributed by atoms with Crippen molar-refractivity contribution in [1.29, 1.82) is 0 Å². The molecule has 0 bridgehead atoms. The molecule has 0 atom stereocenters. The van der Waals surface area contributed by atoms with Crippen LogP contribution in [0.4, 0.5) is 5.69 Å². The summed E-state index contributed by atoms with van der Waals surface area (Å²) in [7, 11) is 0. The number of benzene rings is 2. The van der Waals surface area contributed by atoms with Gasteiger partial charge in [-0.1, -0.05) is 72.5 Å². The van der Waals surface area contributed by atoms with E-state index in [4.69, 9.17) is 11.6 Å². The lowest BCUT2D eigenvalue weighted by atomic mass is 9.95. The number of thioether (sulfide) groups is 1. The van der Waals surface area contributed by atoms with E-state index in [1.165, 1.54) is 48.2 Å². The topological polar surface area (TPSA) is 115 Å². The zero-order chi connectivity index (χ0) is 24.8. The molecule has 1 saturated carbocycles. The first kappa shape index (κ1) is 24.9. The molecule has 35 heavy (non-hydrogen) atoms. The lowest BCUT2D eigenvalue weighted by Gasteiger charge is -2.25. The van der Waals surface area contributed by atoms with Crippen molar-refractivity contribution in [1.82, 2.24) is 20.2 Å². The van der Waals surface area contributed by atoms with E-state index in [1.54, 1.807) is 0 Å². The first-order valence-corrected chi connectivity index (χ1v) is 12.7. The van der Waals surface area contributed by atoms with Crippen LogP contribution in [0.15, 0.2) is 52.7 Å². The van der Waals surface area contributed by atoms with Crippen LogP contribution in [0.25, 0.3) is 11.4 Å². The van der Waals surface area contributed by atoms with E-state index in [9.17, 15) is 14.9 Å². The van der Waals surface area contributed by atoms with Gasteiger partial charge in [-0.15, -0.1) is 10.2 Å². The number of carbonyl (C=O) groups is 1. The molecule has 1 aromatic heterocycles. The Morgan fingerprint density at radius 1 is 1.23 bits per heavy atom. The number of hydrogen-bond donors (Lipinski definition) is 1. The Morgan fingerprint density at radius 2 is 1.97 bits per heavy atom. The molecule has 0 radical (unpaired) electrons. The summed E-state index contributed by atoms with van der Waals surface area (Å²) in [5.41, 5.74) is 4.86. The molecule has 1 fully saturated rings. The molecule has 0 spiro atoms. The van der Waals surface area contributed by atoms with Crippen molar-refractivity contribution in [3.8, 4) is 11.4 Å². The van der Waals surface area contributed by atoms with Crippen LogP contribution in [0.3, 0.4) is 0 Å². The Labute approximate surface area is 212 Å². The molecule has 0 saturated heterocycles. The molecule has 2 aromatic carbocycles. The van der Waals surface area contributed by atoms with Gasteiger partial charge in [-0.05, 0) is 25.8 Å². The lowest BCUT2D eigenvalue weighted by Crippen LogP contribution is -2.20. The molecule has 9 nitrogen and oxygen atoms in total. The average Bonchev–Trinajstić information content (AvgIpc) is 3.28. The second-order valence-corrected chi connectivity index (χ2v) is 9.73. The summed E-state index contributed by atoms with van der Waals surface area (Å²) in [6, 6.07) is 12.5. The minimum absolute atomic E-state index is 0.0960. The summed E-state index contributed by atoms with van der Waals surface area (Å²) in [6.07, 6.45) is 6.97. The minimum Gasteiger partial charge on any atom is -0.299 e. The van der Waals surface area contributed by atoms with Crippen molar-refractivity contribution >= 4 is 41.2 Å². The largest absolute Gasteiger partial charge is 0.299 e. The number of hydrazone groups is 1. The van der Waals surface area contributed by atoms with Gasteiger partial charge < -0.3 is 0 Å². The maximum atomic E-state index is 12.4. The Kier molecular flexibility index (Phi) is 8.14. The molecular formula is C24H25ClN6O3S. The second kappa shape index (κ2) is 11.5. The van der Waals surface area contributed by atoms with Gasteiger partial charge in [0.25, 0.3) is 11.6 Å². The molecule has 1 aliphatic rings. The molecule has 1 aliphatic carbocycles. The standard InChI is InChI=1S/C24H25ClN6O3S/c1-16-7-9-17(10-8-16)23-28-29-24(30(23)19-5-3-2-4-6-19)35-15-22(32)27-26-14-18-13-20(31(33)34)11-12-21(18)25/h7-14,19H,2-6,15H2,1H3,(H,27,32)/b26-14+. The number of nitrogens with one attached hydrogen (secondary N) is 1. The number of amides is 1. The average molecular weight is 513 g/mol. The molecule has 0 unspecified atom stereocenters. The highest BCUT2D eigenvalue weighted by Crippen LogP contribution is 2.35. The number of nitro benzene ring substituents is 1. The van der Waals surface area contributed by atoms with Crippen LogP contribution in [0.5, 0.6) is 0 Å². The van der Waals surface area contributed by atoms with Crippen molar-refractivity contribution in [2.24, 2.45) is 5.10 Å². The fraction of sp³-hybridized carbons (Fsp3) is 0.333. The van der Waals surface area contributed by atoms with Gasteiger partial charge >= 0.3 is 0 Å². The van der Waals surface area contributed by atoms with E-state index in [-0.39, 0.29) is 17.3 Å². The Hall–Kier alpha value is -3.24. The fourth-order valence-corrected chi connectivity index (χ4v) is 4.99. The molecule has 4 rings (SSSR count). The normalized spacial score (nSPS) is 14.3. The van der Waals surface area contributed by atoms with Crippen LogP contribution in [0.1, 0.15) is 49.3 Å². The van der Waals surface area contributed by atoms with Gasteiger partial charge in [0.1, 0.15) is 0 Å². The number of aryl methyl sites for hydroxylation is 1. The van der Waals surface area contributed by atoms with E-state index in [0.717, 1.165) is 37.1 Å². The fourth-order valence-electron chi connectivity index (χ4n) is 4.02. The van der Waals surface area contributed by atoms with Gasteiger partial charge in [0, 0.05) is 34.3 Å². The van der Waals surface area contributed by atoms with E-state index in [0.29, 0.717) is 21.8 Å². The third-order valence-corrected chi connectivity index (χ3v) is 7.12. The van der Waals surface area contributed by atoms with Gasteiger partial charge in [-0.25, -0.2) is 5.43 Å². The molecule has 1 amide bonds. The molecule has 182 valence electrons. The van der Waals surface area contributed by atoms with Gasteiger partial charge in [0.05, 0.1) is 16.9 Å². The Balaban J connectivity index is 1.45. The number of nitro groups is 1. The number of non-ortho nitro benzene ring substituents is 1. The highest BCUT2D eigenvalue weighted by Gasteiger charge is 2.24. The summed E-state index contributed by atoms with van der Waals surface area (Å²) in [5, 5.41) is 24.7. The molecule has 1 N–H and O–H groups in total. The number of rotatable bonds is 8. The van der Waals surface area contributed by atoms with Crippen molar-refractivity contribution in [3.05, 3.63) is 68.7 Å². The summed E-state index contributed by atoms with van der Waals surface area (Å²) in [4.78, 5) is 22.9. The first-order chi connectivity index (χ1) is 16.9. The van der Waals surface area contributed by atoms with Crippen LogP contribution < -0.4 is 5.43 Å². The monoisotopic (exact) mass is 512 g/mol. The van der Waals surface area contributed by atoms with Crippen LogP contribution >= 0.6 is 23.4 Å². The SMILES string of the molecule is Cc1ccc(-c2nnc(SCC(=O)N/N=C/c3cc([N+](=O)[O-])ccc3Cl)n2C2CCCCC2)cc1. The van der Waals surface area contributed by atoms with Crippen LogP contribution in [0.2, 0.25) is 5.02 Å². The number of nitrogens with zero attached hydrogens (tertiary/aromatic N) is 5. The Morgan fingerprint density at radius 3 is 2.69 bits per heavy atom. The third kappa shape index (κ3) is 6.26. The van der Waals surface area contributed by atoms with E-state index >= 15 is 0 Å². The summed E-state index contributed by atoms with van der Waals surface area (Å²) >= 11 is 7.37. The number of aromatic nitrogens is 3. The van der Waals surface area contributed by atoms with Crippen molar-refractivity contribution < 1.29 is 9.72 Å². The highest BCUT2D eigenvalue weighted by atomic mass is 35.5. The van der Waals surface area contributed by atoms with Gasteiger partial charge in [0.15, 0.2) is 11.0 Å². The molecule has 1 heterocycles. The molecular weight excluding hydrogens is 488 g/mol. The number of hydrogen-bond acceptors (Lipinski definition) is 7. The first-order valence-electron chi connectivity index (χ1n) is 11.3. The van der Waals surface area contributed by atoms with E-state index < -0.39 is 4.92 Å². The lowest BCUT2D eigenvalue weighted by molar-refractivity contribution is -0.384. The van der Waals surface area contributed by atoms with E-state index in [1.807, 2.05) is 19.1 Å². The van der Waals surface area contributed by atoms with Crippen LogP contribution in [-0.2, 0) is 4.79 Å². The predicted molar refractivity (Wildman–Crippen MR) is 137 cm³/mol. The van der Waals surface area contributed by atoms with Gasteiger partial charge in [-0.2, -0.15) is 5.10 Å². The maximum absolute atomic E-state index is 12.4. The zero-order valence-electron chi connectivity index (χ0n) is 19.2. The highest BCUT2D eigenvalue weighted by molar-refractivity contribution is 7.99. The third-order valence-electron chi connectivity index (χ3n) is 5.83. The number of carbonyl (C=O) groups excluding carboxylic acids is 1. The maximum Gasteiger partial charge on any atom is 0.270 e. The molecule has 11 heteroatoms. The van der Waals surface area contributed by atoms with Crippen LogP contribution in [0, 0.1) is 17.0 Å². The summed E-state index contributed by atoms with van der Waals surface area (Å²) in [6.45, 7) is 2.05. The van der Waals surface area contributed by atoms with Crippen molar-refractivity contribution in [2.75, 3.05) is 5.75 Å². The zero-order valence-corrected chi connectivity index (χ0v) is 20.8. The minimum atomic E-state index is -0.518. The molecule has 3 aromatic rings.